The zero-order valence-electron chi connectivity index (χ0n) is 12.2. The van der Waals surface area contributed by atoms with E-state index >= 15 is 0 Å². The van der Waals surface area contributed by atoms with Crippen molar-refractivity contribution in [3.63, 3.8) is 0 Å². The summed E-state index contributed by atoms with van der Waals surface area (Å²) >= 11 is 0. The van der Waals surface area contributed by atoms with Crippen LogP contribution < -0.4 is 5.32 Å². The number of nitrogens with one attached hydrogen (secondary N) is 1. The predicted molar refractivity (Wildman–Crippen MR) is 73.2 cm³/mol. The lowest BCUT2D eigenvalue weighted by Gasteiger charge is -2.28. The molecule has 0 aromatic carbocycles. The van der Waals surface area contributed by atoms with Gasteiger partial charge in [0.05, 0.1) is 6.10 Å². The molecule has 0 bridgehead atoms. The van der Waals surface area contributed by atoms with Gasteiger partial charge in [0, 0.05) is 31.2 Å². The predicted octanol–water partition coefficient (Wildman–Crippen LogP) is 1.86. The number of aliphatic hydroxyl groups excluding tert-OH is 1. The van der Waals surface area contributed by atoms with E-state index in [-0.39, 0.29) is 11.6 Å². The first-order chi connectivity index (χ1) is 7.78. The van der Waals surface area contributed by atoms with Gasteiger partial charge < -0.3 is 10.4 Å². The average Bonchev–Trinajstić information content (AvgIpc) is 2.94. The van der Waals surface area contributed by atoms with Crippen molar-refractivity contribution in [3.8, 4) is 0 Å². The minimum absolute atomic E-state index is 0.0867. The van der Waals surface area contributed by atoms with Crippen molar-refractivity contribution in [1.82, 2.24) is 10.2 Å². The van der Waals surface area contributed by atoms with Crippen LogP contribution in [-0.2, 0) is 0 Å². The molecule has 1 unspecified atom stereocenters. The molecule has 102 valence electrons. The number of nitrogens with zero attached hydrogens (tertiary/aromatic N) is 1. The zero-order chi connectivity index (χ0) is 13.1. The third kappa shape index (κ3) is 7.02. The molecule has 0 heterocycles. The van der Waals surface area contributed by atoms with Gasteiger partial charge in [-0.2, -0.15) is 0 Å². The third-order valence-electron chi connectivity index (χ3n) is 2.98. The van der Waals surface area contributed by atoms with Crippen molar-refractivity contribution < 1.29 is 5.11 Å². The lowest BCUT2D eigenvalue weighted by Crippen LogP contribution is -2.45. The van der Waals surface area contributed by atoms with Crippen molar-refractivity contribution in [3.05, 3.63) is 0 Å². The fourth-order valence-electron chi connectivity index (χ4n) is 2.04. The standard InChI is InChI=1S/C14H30N2O/c1-11(2)9-16(12-6-7-12)10-13(17)8-15-14(3,4)5/h11-13,15,17H,6-10H2,1-5H3. The summed E-state index contributed by atoms with van der Waals surface area (Å²) in [5.41, 5.74) is 0.0867. The summed E-state index contributed by atoms with van der Waals surface area (Å²) < 4.78 is 0. The highest BCUT2D eigenvalue weighted by Crippen LogP contribution is 2.27. The third-order valence-corrected chi connectivity index (χ3v) is 2.98. The van der Waals surface area contributed by atoms with Crippen molar-refractivity contribution in [2.24, 2.45) is 5.92 Å². The Balaban J connectivity index is 2.28. The summed E-state index contributed by atoms with van der Waals surface area (Å²) in [5.74, 6) is 0.679. The molecule has 0 aliphatic heterocycles. The van der Waals surface area contributed by atoms with Gasteiger partial charge in [-0.05, 0) is 39.5 Å². The summed E-state index contributed by atoms with van der Waals surface area (Å²) in [6, 6.07) is 0.738. The lowest BCUT2D eigenvalue weighted by atomic mass is 10.1. The van der Waals surface area contributed by atoms with E-state index in [1.54, 1.807) is 0 Å². The van der Waals surface area contributed by atoms with E-state index in [4.69, 9.17) is 0 Å². The molecule has 1 rings (SSSR count). The van der Waals surface area contributed by atoms with Crippen LogP contribution in [0.15, 0.2) is 0 Å². The Bertz CT molecular complexity index is 219. The Morgan fingerprint density at radius 3 is 2.24 bits per heavy atom. The fraction of sp³-hybridized carbons (Fsp3) is 1.00. The van der Waals surface area contributed by atoms with E-state index in [1.807, 2.05) is 0 Å². The molecule has 17 heavy (non-hydrogen) atoms. The zero-order valence-corrected chi connectivity index (χ0v) is 12.2. The summed E-state index contributed by atoms with van der Waals surface area (Å²) in [4.78, 5) is 2.46. The van der Waals surface area contributed by atoms with Crippen LogP contribution >= 0.6 is 0 Å². The Morgan fingerprint density at radius 2 is 1.82 bits per heavy atom. The first-order valence-corrected chi connectivity index (χ1v) is 6.95. The van der Waals surface area contributed by atoms with Crippen LogP contribution in [0.2, 0.25) is 0 Å². The highest BCUT2D eigenvalue weighted by Gasteiger charge is 2.30. The molecule has 0 radical (unpaired) electrons. The molecule has 0 spiro atoms. The average molecular weight is 242 g/mol. The summed E-state index contributed by atoms with van der Waals surface area (Å²) in [5, 5.41) is 13.4. The number of β-amino-alcohol motifs (C(OH)–C–C–N with tert-alkyl or cyclic N) is 1. The molecule has 1 saturated carbocycles. The second-order valence-electron chi connectivity index (χ2n) is 6.86. The van der Waals surface area contributed by atoms with Gasteiger partial charge in [0.25, 0.3) is 0 Å². The summed E-state index contributed by atoms with van der Waals surface area (Å²) in [7, 11) is 0. The van der Waals surface area contributed by atoms with E-state index < -0.39 is 0 Å². The topological polar surface area (TPSA) is 35.5 Å². The van der Waals surface area contributed by atoms with Crippen LogP contribution in [0.4, 0.5) is 0 Å². The first-order valence-electron chi connectivity index (χ1n) is 6.95. The molecule has 3 nitrogen and oxygen atoms in total. The molecule has 1 fully saturated rings. The highest BCUT2D eigenvalue weighted by atomic mass is 16.3. The van der Waals surface area contributed by atoms with Crippen LogP contribution in [0, 0.1) is 5.92 Å². The second-order valence-corrected chi connectivity index (χ2v) is 6.86. The smallest absolute Gasteiger partial charge is 0.0791 e. The van der Waals surface area contributed by atoms with E-state index in [0.717, 1.165) is 19.1 Å². The van der Waals surface area contributed by atoms with Crippen molar-refractivity contribution >= 4 is 0 Å². The molecular weight excluding hydrogens is 212 g/mol. The summed E-state index contributed by atoms with van der Waals surface area (Å²) in [6.45, 7) is 13.5. The van der Waals surface area contributed by atoms with E-state index in [2.05, 4.69) is 44.8 Å². The quantitative estimate of drug-likeness (QED) is 0.715. The molecule has 0 aromatic heterocycles. The molecule has 1 atom stereocenters. The minimum Gasteiger partial charge on any atom is -0.390 e. The van der Waals surface area contributed by atoms with Crippen LogP contribution in [0.3, 0.4) is 0 Å². The maximum Gasteiger partial charge on any atom is 0.0791 e. The molecule has 2 N–H and O–H groups in total. The lowest BCUT2D eigenvalue weighted by molar-refractivity contribution is 0.0948. The molecule has 1 aliphatic rings. The SMILES string of the molecule is CC(C)CN(CC(O)CNC(C)(C)C)C1CC1. The monoisotopic (exact) mass is 242 g/mol. The number of aliphatic hydroxyl groups is 1. The largest absolute Gasteiger partial charge is 0.390 e. The van der Waals surface area contributed by atoms with Gasteiger partial charge in [-0.25, -0.2) is 0 Å². The molecule has 3 heteroatoms. The maximum atomic E-state index is 10.1. The normalized spacial score (nSPS) is 19.1. The van der Waals surface area contributed by atoms with Crippen molar-refractivity contribution in [2.75, 3.05) is 19.6 Å². The van der Waals surface area contributed by atoms with Gasteiger partial charge >= 0.3 is 0 Å². The second kappa shape index (κ2) is 6.17. The fourth-order valence-corrected chi connectivity index (χ4v) is 2.04. The van der Waals surface area contributed by atoms with Gasteiger partial charge in [0.15, 0.2) is 0 Å². The Kier molecular flexibility index (Phi) is 5.42. The van der Waals surface area contributed by atoms with Gasteiger partial charge in [-0.3, -0.25) is 4.90 Å². The van der Waals surface area contributed by atoms with E-state index in [1.165, 1.54) is 12.8 Å². The molecule has 0 aromatic rings. The maximum absolute atomic E-state index is 10.1. The van der Waals surface area contributed by atoms with E-state index in [0.29, 0.717) is 12.5 Å². The number of hydrogen-bond acceptors (Lipinski definition) is 3. The highest BCUT2D eigenvalue weighted by molar-refractivity contribution is 4.86. The van der Waals surface area contributed by atoms with Crippen molar-refractivity contribution in [2.45, 2.75) is 65.1 Å². The Labute approximate surface area is 107 Å². The van der Waals surface area contributed by atoms with Gasteiger partial charge in [-0.15, -0.1) is 0 Å². The number of hydrogen-bond donors (Lipinski definition) is 2. The van der Waals surface area contributed by atoms with Crippen LogP contribution in [-0.4, -0.2) is 47.3 Å². The molecule has 0 saturated heterocycles. The molecule has 1 aliphatic carbocycles. The van der Waals surface area contributed by atoms with Gasteiger partial charge in [0.1, 0.15) is 0 Å². The van der Waals surface area contributed by atoms with Crippen LogP contribution in [0.1, 0.15) is 47.5 Å². The van der Waals surface area contributed by atoms with Gasteiger partial charge in [-0.1, -0.05) is 13.8 Å². The van der Waals surface area contributed by atoms with Crippen LogP contribution in [0.5, 0.6) is 0 Å². The Hall–Kier alpha value is -0.120. The van der Waals surface area contributed by atoms with Crippen LogP contribution in [0.25, 0.3) is 0 Å². The van der Waals surface area contributed by atoms with Crippen molar-refractivity contribution in [1.29, 1.82) is 0 Å². The minimum atomic E-state index is -0.256. The Morgan fingerprint density at radius 1 is 1.24 bits per heavy atom. The first kappa shape index (κ1) is 14.9. The number of rotatable bonds is 7. The summed E-state index contributed by atoms with van der Waals surface area (Å²) in [6.07, 6.45) is 2.37. The van der Waals surface area contributed by atoms with E-state index in [9.17, 15) is 5.11 Å². The van der Waals surface area contributed by atoms with Gasteiger partial charge in [0.2, 0.25) is 0 Å². The molecule has 0 amide bonds. The molecular formula is C14H30N2O.